The molecular formula is C17H18N2O3S. The van der Waals surface area contributed by atoms with Crippen LogP contribution in [0.2, 0.25) is 0 Å². The largest absolute Gasteiger partial charge is 0.491 e. The van der Waals surface area contributed by atoms with Crippen molar-refractivity contribution in [2.75, 3.05) is 6.61 Å². The number of hydrogen-bond donors (Lipinski definition) is 1. The van der Waals surface area contributed by atoms with Crippen LogP contribution in [0.3, 0.4) is 0 Å². The third kappa shape index (κ3) is 3.43. The zero-order valence-electron chi connectivity index (χ0n) is 13.0. The molecule has 120 valence electrons. The molecule has 3 rings (SSSR count). The Bertz CT molecular complexity index is 885. The molecule has 0 aliphatic carbocycles. The first kappa shape index (κ1) is 15.7. The summed E-state index contributed by atoms with van der Waals surface area (Å²) in [5.74, 6) is 0.753. The van der Waals surface area contributed by atoms with Crippen LogP contribution in [0.4, 0.5) is 0 Å². The SMILES string of the molecule is Cc1ccc(C)c(OC[C@@H](O)Cn2cnc3sccc3c2=O)c1. The molecule has 0 unspecified atom stereocenters. The van der Waals surface area contributed by atoms with Gasteiger partial charge in [0.15, 0.2) is 0 Å². The molecule has 0 aliphatic rings. The van der Waals surface area contributed by atoms with Crippen molar-refractivity contribution in [2.45, 2.75) is 26.5 Å². The lowest BCUT2D eigenvalue weighted by molar-refractivity contribution is 0.0911. The molecule has 2 heterocycles. The lowest BCUT2D eigenvalue weighted by atomic mass is 10.1. The molecule has 0 amide bonds. The zero-order chi connectivity index (χ0) is 16.4. The van der Waals surface area contributed by atoms with Crippen molar-refractivity contribution in [1.82, 2.24) is 9.55 Å². The molecule has 0 bridgehead atoms. The van der Waals surface area contributed by atoms with Crippen LogP contribution in [0.5, 0.6) is 5.75 Å². The highest BCUT2D eigenvalue weighted by Crippen LogP contribution is 2.19. The Morgan fingerprint density at radius 3 is 3.00 bits per heavy atom. The highest BCUT2D eigenvalue weighted by atomic mass is 32.1. The van der Waals surface area contributed by atoms with Crippen molar-refractivity contribution in [3.05, 3.63) is 57.5 Å². The first-order valence-electron chi connectivity index (χ1n) is 7.35. The van der Waals surface area contributed by atoms with Gasteiger partial charge in [0.2, 0.25) is 0 Å². The highest BCUT2D eigenvalue weighted by Gasteiger charge is 2.11. The fourth-order valence-corrected chi connectivity index (χ4v) is 3.08. The maximum Gasteiger partial charge on any atom is 0.262 e. The monoisotopic (exact) mass is 330 g/mol. The van der Waals surface area contributed by atoms with E-state index in [1.165, 1.54) is 22.2 Å². The van der Waals surface area contributed by atoms with Gasteiger partial charge in [0.25, 0.3) is 5.56 Å². The van der Waals surface area contributed by atoms with Gasteiger partial charge in [0, 0.05) is 0 Å². The number of nitrogens with zero attached hydrogens (tertiary/aromatic N) is 2. The quantitative estimate of drug-likeness (QED) is 0.781. The number of rotatable bonds is 5. The fourth-order valence-electron chi connectivity index (χ4n) is 2.35. The molecule has 2 aromatic heterocycles. The Hall–Kier alpha value is -2.18. The van der Waals surface area contributed by atoms with Gasteiger partial charge >= 0.3 is 0 Å². The third-order valence-corrected chi connectivity index (χ3v) is 4.45. The summed E-state index contributed by atoms with van der Waals surface area (Å²) in [6.45, 7) is 4.23. The van der Waals surface area contributed by atoms with E-state index in [4.69, 9.17) is 4.74 Å². The smallest absolute Gasteiger partial charge is 0.262 e. The predicted molar refractivity (Wildman–Crippen MR) is 91.3 cm³/mol. The minimum Gasteiger partial charge on any atom is -0.491 e. The zero-order valence-corrected chi connectivity index (χ0v) is 13.8. The van der Waals surface area contributed by atoms with E-state index >= 15 is 0 Å². The number of aliphatic hydroxyl groups excluding tert-OH is 1. The summed E-state index contributed by atoms with van der Waals surface area (Å²) in [4.78, 5) is 17.2. The maximum absolute atomic E-state index is 12.3. The second-order valence-corrected chi connectivity index (χ2v) is 6.47. The minimum atomic E-state index is -0.787. The lowest BCUT2D eigenvalue weighted by Gasteiger charge is -2.15. The molecule has 1 N–H and O–H groups in total. The summed E-state index contributed by atoms with van der Waals surface area (Å²) in [5, 5.41) is 12.6. The van der Waals surface area contributed by atoms with Crippen molar-refractivity contribution in [1.29, 1.82) is 0 Å². The summed E-state index contributed by atoms with van der Waals surface area (Å²) in [6.07, 6.45) is 0.688. The average Bonchev–Trinajstić information content (AvgIpc) is 3.00. The summed E-state index contributed by atoms with van der Waals surface area (Å²) in [6, 6.07) is 7.69. The van der Waals surface area contributed by atoms with Crippen molar-refractivity contribution in [2.24, 2.45) is 0 Å². The third-order valence-electron chi connectivity index (χ3n) is 3.63. The number of aromatic nitrogens is 2. The Kier molecular flexibility index (Phi) is 4.45. The lowest BCUT2D eigenvalue weighted by Crippen LogP contribution is -2.30. The number of benzene rings is 1. The van der Waals surface area contributed by atoms with Crippen LogP contribution >= 0.6 is 11.3 Å². The van der Waals surface area contributed by atoms with Crippen LogP contribution in [0.15, 0.2) is 40.8 Å². The van der Waals surface area contributed by atoms with Crippen LogP contribution in [-0.4, -0.2) is 27.4 Å². The van der Waals surface area contributed by atoms with Gasteiger partial charge in [-0.05, 0) is 42.5 Å². The molecule has 5 nitrogen and oxygen atoms in total. The van der Waals surface area contributed by atoms with E-state index < -0.39 is 6.10 Å². The van der Waals surface area contributed by atoms with E-state index in [0.717, 1.165) is 16.9 Å². The van der Waals surface area contributed by atoms with Crippen LogP contribution in [0.1, 0.15) is 11.1 Å². The Morgan fingerprint density at radius 2 is 2.17 bits per heavy atom. The van der Waals surface area contributed by atoms with E-state index in [1.54, 1.807) is 6.07 Å². The van der Waals surface area contributed by atoms with Crippen LogP contribution in [-0.2, 0) is 6.54 Å². The molecule has 6 heteroatoms. The van der Waals surface area contributed by atoms with Crippen LogP contribution in [0, 0.1) is 13.8 Å². The molecule has 0 spiro atoms. The number of ether oxygens (including phenoxy) is 1. The summed E-state index contributed by atoms with van der Waals surface area (Å²) >= 11 is 1.43. The summed E-state index contributed by atoms with van der Waals surface area (Å²) in [7, 11) is 0. The molecule has 0 aliphatic heterocycles. The second-order valence-electron chi connectivity index (χ2n) is 5.58. The van der Waals surface area contributed by atoms with Crippen molar-refractivity contribution >= 4 is 21.6 Å². The van der Waals surface area contributed by atoms with Gasteiger partial charge < -0.3 is 9.84 Å². The number of aryl methyl sites for hydroxylation is 2. The van der Waals surface area contributed by atoms with Gasteiger partial charge in [-0.15, -0.1) is 11.3 Å². The molecule has 0 saturated heterocycles. The van der Waals surface area contributed by atoms with Crippen molar-refractivity contribution < 1.29 is 9.84 Å². The van der Waals surface area contributed by atoms with E-state index in [-0.39, 0.29) is 18.7 Å². The van der Waals surface area contributed by atoms with E-state index in [0.29, 0.717) is 10.2 Å². The number of hydrogen-bond acceptors (Lipinski definition) is 5. The molecule has 0 fully saturated rings. The van der Waals surface area contributed by atoms with Gasteiger partial charge in [0.1, 0.15) is 23.3 Å². The van der Waals surface area contributed by atoms with Gasteiger partial charge in [-0.1, -0.05) is 12.1 Å². The number of aliphatic hydroxyl groups is 1. The van der Waals surface area contributed by atoms with E-state index in [2.05, 4.69) is 4.98 Å². The summed E-state index contributed by atoms with van der Waals surface area (Å²) < 4.78 is 7.10. The van der Waals surface area contributed by atoms with Crippen molar-refractivity contribution in [3.63, 3.8) is 0 Å². The van der Waals surface area contributed by atoms with Gasteiger partial charge in [-0.3, -0.25) is 9.36 Å². The molecule has 0 radical (unpaired) electrons. The topological polar surface area (TPSA) is 64.3 Å². The molecule has 23 heavy (non-hydrogen) atoms. The first-order chi connectivity index (χ1) is 11.0. The summed E-state index contributed by atoms with van der Waals surface area (Å²) in [5.41, 5.74) is 1.98. The van der Waals surface area contributed by atoms with Gasteiger partial charge in [0.05, 0.1) is 18.3 Å². The van der Waals surface area contributed by atoms with Gasteiger partial charge in [-0.2, -0.15) is 0 Å². The Balaban J connectivity index is 1.69. The van der Waals surface area contributed by atoms with E-state index in [1.807, 2.05) is 37.4 Å². The molecule has 3 aromatic rings. The number of thiophene rings is 1. The Labute approximate surface area is 137 Å². The van der Waals surface area contributed by atoms with E-state index in [9.17, 15) is 9.90 Å². The molecular weight excluding hydrogens is 312 g/mol. The van der Waals surface area contributed by atoms with Crippen LogP contribution in [0.25, 0.3) is 10.2 Å². The maximum atomic E-state index is 12.3. The Morgan fingerprint density at radius 1 is 1.35 bits per heavy atom. The van der Waals surface area contributed by atoms with Crippen molar-refractivity contribution in [3.8, 4) is 5.75 Å². The molecule has 1 atom stereocenters. The second kappa shape index (κ2) is 6.52. The standard InChI is InChI=1S/C17H18N2O3S/c1-11-3-4-12(2)15(7-11)22-9-13(20)8-19-10-18-16-14(17(19)21)5-6-23-16/h3-7,10,13,20H,8-9H2,1-2H3/t13-/m0/s1. The highest BCUT2D eigenvalue weighted by molar-refractivity contribution is 7.16. The first-order valence-corrected chi connectivity index (χ1v) is 8.23. The number of fused-ring (bicyclic) bond motifs is 1. The average molecular weight is 330 g/mol. The minimum absolute atomic E-state index is 0.123. The van der Waals surface area contributed by atoms with Crippen LogP contribution < -0.4 is 10.3 Å². The molecule has 1 aromatic carbocycles. The predicted octanol–water partition coefficient (Wildman–Crippen LogP) is 2.51. The normalized spacial score (nSPS) is 12.5. The fraction of sp³-hybridized carbons (Fsp3) is 0.294. The molecule has 0 saturated carbocycles. The van der Waals surface area contributed by atoms with Gasteiger partial charge in [-0.25, -0.2) is 4.98 Å².